The van der Waals surface area contributed by atoms with E-state index < -0.39 is 0 Å². The fourth-order valence-electron chi connectivity index (χ4n) is 2.04. The molecule has 2 heterocycles. The van der Waals surface area contributed by atoms with Crippen LogP contribution in [0.15, 0.2) is 36.5 Å². The van der Waals surface area contributed by atoms with Crippen LogP contribution in [0.3, 0.4) is 0 Å². The van der Waals surface area contributed by atoms with Gasteiger partial charge in [-0.1, -0.05) is 12.1 Å². The number of ketones is 1. The summed E-state index contributed by atoms with van der Waals surface area (Å²) < 4.78 is 5.72. The van der Waals surface area contributed by atoms with Gasteiger partial charge >= 0.3 is 0 Å². The van der Waals surface area contributed by atoms with Crippen molar-refractivity contribution in [2.24, 2.45) is 0 Å². The van der Waals surface area contributed by atoms with Gasteiger partial charge in [-0.3, -0.25) is 4.79 Å². The van der Waals surface area contributed by atoms with Gasteiger partial charge in [0.25, 0.3) is 0 Å². The number of rotatable bonds is 0. The molecule has 1 aromatic heterocycles. The molecule has 17 heavy (non-hydrogen) atoms. The number of Topliss-reactive ketones (excluding diaryl/α,β-unsaturated/α-hetero) is 1. The van der Waals surface area contributed by atoms with Crippen molar-refractivity contribution in [2.45, 2.75) is 13.3 Å². The summed E-state index contributed by atoms with van der Waals surface area (Å²) >= 11 is 0. The first kappa shape index (κ1) is 10.0. The summed E-state index contributed by atoms with van der Waals surface area (Å²) in [4.78, 5) is 16.2. The van der Waals surface area contributed by atoms with E-state index in [-0.39, 0.29) is 5.78 Å². The summed E-state index contributed by atoms with van der Waals surface area (Å²) in [5.74, 6) is 1.19. The molecule has 0 aliphatic carbocycles. The maximum atomic E-state index is 12.1. The number of aryl methyl sites for hydroxylation is 1. The Hall–Kier alpha value is -2.16. The molecule has 1 aromatic carbocycles. The molecule has 0 N–H and O–H groups in total. The maximum absolute atomic E-state index is 12.1. The molecule has 3 rings (SSSR count). The van der Waals surface area contributed by atoms with Crippen molar-refractivity contribution in [1.82, 2.24) is 4.98 Å². The zero-order valence-electron chi connectivity index (χ0n) is 9.43. The molecule has 0 unspecified atom stereocenters. The lowest BCUT2D eigenvalue weighted by atomic mass is 10.0. The molecule has 84 valence electrons. The third-order valence-corrected chi connectivity index (χ3v) is 2.98. The highest BCUT2D eigenvalue weighted by Crippen LogP contribution is 2.33. The highest BCUT2D eigenvalue weighted by Gasteiger charge is 2.22. The van der Waals surface area contributed by atoms with E-state index in [1.807, 2.05) is 25.1 Å². The van der Waals surface area contributed by atoms with Gasteiger partial charge in [0.2, 0.25) is 5.88 Å². The van der Waals surface area contributed by atoms with Gasteiger partial charge in [0.15, 0.2) is 5.78 Å². The van der Waals surface area contributed by atoms with E-state index in [1.165, 1.54) is 0 Å². The summed E-state index contributed by atoms with van der Waals surface area (Å²) in [5, 5.41) is 0. The van der Waals surface area contributed by atoms with E-state index in [0.29, 0.717) is 17.9 Å². The van der Waals surface area contributed by atoms with Crippen molar-refractivity contribution < 1.29 is 9.53 Å². The van der Waals surface area contributed by atoms with Crippen LogP contribution in [0, 0.1) is 6.92 Å². The second-order valence-electron chi connectivity index (χ2n) is 4.11. The van der Waals surface area contributed by atoms with Crippen LogP contribution in [0.2, 0.25) is 0 Å². The van der Waals surface area contributed by atoms with Crippen molar-refractivity contribution in [2.75, 3.05) is 0 Å². The van der Waals surface area contributed by atoms with Gasteiger partial charge in [0.05, 0.1) is 5.56 Å². The van der Waals surface area contributed by atoms with E-state index in [2.05, 4.69) is 4.98 Å². The molecular weight excluding hydrogens is 214 g/mol. The van der Waals surface area contributed by atoms with Crippen LogP contribution in [-0.2, 0) is 6.42 Å². The number of benzene rings is 1. The minimum Gasteiger partial charge on any atom is -0.438 e. The van der Waals surface area contributed by atoms with Crippen molar-refractivity contribution in [1.29, 1.82) is 0 Å². The Balaban J connectivity index is 2.20. The van der Waals surface area contributed by atoms with Crippen molar-refractivity contribution in [3.63, 3.8) is 0 Å². The number of carbonyl (C=O) groups is 1. The molecule has 0 radical (unpaired) electrons. The summed E-state index contributed by atoms with van der Waals surface area (Å²) in [5.41, 5.74) is 2.59. The van der Waals surface area contributed by atoms with Gasteiger partial charge in [-0.25, -0.2) is 4.98 Å². The van der Waals surface area contributed by atoms with E-state index in [4.69, 9.17) is 4.74 Å². The predicted molar refractivity (Wildman–Crippen MR) is 63.5 cm³/mol. The van der Waals surface area contributed by atoms with Crippen molar-refractivity contribution in [3.8, 4) is 11.6 Å². The number of aromatic nitrogens is 1. The molecule has 0 atom stereocenters. The molecule has 3 nitrogen and oxygen atoms in total. The largest absolute Gasteiger partial charge is 0.438 e. The second-order valence-corrected chi connectivity index (χ2v) is 4.11. The number of fused-ring (bicyclic) bond motifs is 2. The van der Waals surface area contributed by atoms with Gasteiger partial charge in [0.1, 0.15) is 5.75 Å². The quantitative estimate of drug-likeness (QED) is 0.692. The first-order chi connectivity index (χ1) is 8.25. The molecule has 1 aliphatic heterocycles. The Morgan fingerprint density at radius 3 is 3.00 bits per heavy atom. The minimum absolute atomic E-state index is 0.0566. The average molecular weight is 225 g/mol. The van der Waals surface area contributed by atoms with Crippen molar-refractivity contribution >= 4 is 5.78 Å². The number of pyridine rings is 1. The lowest BCUT2D eigenvalue weighted by molar-refractivity contribution is 0.0993. The molecule has 0 fully saturated rings. The minimum atomic E-state index is 0.0566. The van der Waals surface area contributed by atoms with Gasteiger partial charge in [-0.2, -0.15) is 0 Å². The number of carbonyl (C=O) groups excluding carboxylic acids is 1. The lowest BCUT2D eigenvalue weighted by Crippen LogP contribution is -2.03. The van der Waals surface area contributed by atoms with Gasteiger partial charge in [-0.15, -0.1) is 0 Å². The topological polar surface area (TPSA) is 39.2 Å². The highest BCUT2D eigenvalue weighted by molar-refractivity contribution is 6.00. The van der Waals surface area contributed by atoms with Crippen LogP contribution >= 0.6 is 0 Å². The molecule has 0 spiro atoms. The van der Waals surface area contributed by atoms with Crippen LogP contribution in [0.5, 0.6) is 11.6 Å². The first-order valence-electron chi connectivity index (χ1n) is 5.50. The summed E-state index contributed by atoms with van der Waals surface area (Å²) in [6.45, 7) is 1.99. The monoisotopic (exact) mass is 225 g/mol. The van der Waals surface area contributed by atoms with E-state index in [9.17, 15) is 4.79 Å². The Bertz CT molecular complexity index is 605. The Kier molecular flexibility index (Phi) is 2.18. The zero-order valence-corrected chi connectivity index (χ0v) is 9.43. The Labute approximate surface area is 99.1 Å². The molecular formula is C14H11NO2. The Morgan fingerprint density at radius 1 is 1.24 bits per heavy atom. The molecule has 2 aromatic rings. The Morgan fingerprint density at radius 2 is 2.12 bits per heavy atom. The highest BCUT2D eigenvalue weighted by atomic mass is 16.5. The number of hydrogen-bond donors (Lipinski definition) is 0. The van der Waals surface area contributed by atoms with E-state index in [0.717, 1.165) is 16.9 Å². The number of nitrogens with zero attached hydrogens (tertiary/aromatic N) is 1. The fourth-order valence-corrected chi connectivity index (χ4v) is 2.04. The normalized spacial score (nSPS) is 13.4. The third-order valence-electron chi connectivity index (χ3n) is 2.98. The smallest absolute Gasteiger partial charge is 0.230 e. The van der Waals surface area contributed by atoms with Gasteiger partial charge < -0.3 is 4.74 Å². The van der Waals surface area contributed by atoms with E-state index >= 15 is 0 Å². The zero-order chi connectivity index (χ0) is 11.8. The fraction of sp³-hybridized carbons (Fsp3) is 0.143. The van der Waals surface area contributed by atoms with Gasteiger partial charge in [-0.05, 0) is 30.7 Å². The molecule has 0 saturated heterocycles. The van der Waals surface area contributed by atoms with Crippen LogP contribution < -0.4 is 4.74 Å². The number of ether oxygens (including phenoxy) is 1. The molecule has 0 amide bonds. The van der Waals surface area contributed by atoms with Crippen LogP contribution in [0.1, 0.15) is 21.5 Å². The summed E-state index contributed by atoms with van der Waals surface area (Å²) in [6, 6.07) is 9.29. The van der Waals surface area contributed by atoms with Crippen LogP contribution in [0.4, 0.5) is 0 Å². The molecule has 0 saturated carbocycles. The van der Waals surface area contributed by atoms with Gasteiger partial charge in [0, 0.05) is 18.2 Å². The van der Waals surface area contributed by atoms with Crippen LogP contribution in [-0.4, -0.2) is 10.8 Å². The second kappa shape index (κ2) is 3.70. The predicted octanol–water partition coefficient (Wildman–Crippen LogP) is 2.92. The third kappa shape index (κ3) is 1.60. The van der Waals surface area contributed by atoms with E-state index in [1.54, 1.807) is 18.3 Å². The standard InChI is InChI=1S/C14H11NO2/c1-9-4-2-6-13-11(9)8-12(16)10-5-3-7-15-14(10)17-13/h2-7H,8H2,1H3. The molecule has 1 aliphatic rings. The molecule has 3 heteroatoms. The SMILES string of the molecule is Cc1cccc2c1CC(=O)c1cccnc1O2. The summed E-state index contributed by atoms with van der Waals surface area (Å²) in [7, 11) is 0. The first-order valence-corrected chi connectivity index (χ1v) is 5.50. The van der Waals surface area contributed by atoms with Crippen molar-refractivity contribution in [3.05, 3.63) is 53.2 Å². The number of hydrogen-bond acceptors (Lipinski definition) is 3. The van der Waals surface area contributed by atoms with Crippen LogP contribution in [0.25, 0.3) is 0 Å². The average Bonchev–Trinajstić information content (AvgIpc) is 2.47. The summed E-state index contributed by atoms with van der Waals surface area (Å²) in [6.07, 6.45) is 2.01. The molecule has 0 bridgehead atoms. The maximum Gasteiger partial charge on any atom is 0.230 e. The lowest BCUT2D eigenvalue weighted by Gasteiger charge is -2.08.